The normalized spacial score (nSPS) is 10.6. The van der Waals surface area contributed by atoms with Crippen molar-refractivity contribution in [3.05, 3.63) is 27.1 Å². The molecule has 5 heteroatoms. The van der Waals surface area contributed by atoms with Crippen LogP contribution < -0.4 is 0 Å². The molecule has 0 bridgehead atoms. The van der Waals surface area contributed by atoms with Gasteiger partial charge < -0.3 is 5.11 Å². The predicted octanol–water partition coefficient (Wildman–Crippen LogP) is 2.59. The van der Waals surface area contributed by atoms with Gasteiger partial charge in [-0.2, -0.15) is 0 Å². The molecule has 13 heavy (non-hydrogen) atoms. The number of hydrogen-bond acceptors (Lipinski definition) is 3. The van der Waals surface area contributed by atoms with E-state index < -0.39 is 0 Å². The summed E-state index contributed by atoms with van der Waals surface area (Å²) in [5.74, 6) is -0.00909. The quantitative estimate of drug-likeness (QED) is 0.761. The molecule has 0 aliphatic heterocycles. The SMILES string of the molecule is Oc1c(Cl)cc(I)c2nccnc12. The van der Waals surface area contributed by atoms with Gasteiger partial charge in [0.1, 0.15) is 11.0 Å². The Morgan fingerprint density at radius 2 is 1.85 bits per heavy atom. The molecular formula is C8H4ClIN2O. The molecule has 0 fully saturated rings. The Morgan fingerprint density at radius 1 is 1.23 bits per heavy atom. The van der Waals surface area contributed by atoms with Crippen molar-refractivity contribution in [1.29, 1.82) is 0 Å². The van der Waals surface area contributed by atoms with Crippen LogP contribution in [0.1, 0.15) is 0 Å². The van der Waals surface area contributed by atoms with Gasteiger partial charge in [0.15, 0.2) is 5.75 Å². The molecule has 0 aliphatic carbocycles. The van der Waals surface area contributed by atoms with Gasteiger partial charge in [0, 0.05) is 16.0 Å². The molecule has 0 saturated heterocycles. The molecule has 0 aliphatic rings. The summed E-state index contributed by atoms with van der Waals surface area (Å²) in [6, 6.07) is 1.66. The van der Waals surface area contributed by atoms with Gasteiger partial charge in [0.05, 0.1) is 5.02 Å². The van der Waals surface area contributed by atoms with Crippen LogP contribution in [0.5, 0.6) is 5.75 Å². The second-order valence-electron chi connectivity index (χ2n) is 2.44. The van der Waals surface area contributed by atoms with Crippen molar-refractivity contribution >= 4 is 45.2 Å². The first-order valence-corrected chi connectivity index (χ1v) is 4.93. The van der Waals surface area contributed by atoms with Gasteiger partial charge in [-0.3, -0.25) is 4.98 Å². The third-order valence-electron chi connectivity index (χ3n) is 1.63. The molecule has 1 aromatic heterocycles. The predicted molar refractivity (Wildman–Crippen MR) is 58.9 cm³/mol. The molecule has 3 nitrogen and oxygen atoms in total. The van der Waals surface area contributed by atoms with Crippen LogP contribution in [0, 0.1) is 3.57 Å². The largest absolute Gasteiger partial charge is 0.504 e. The fraction of sp³-hybridized carbons (Fsp3) is 0. The summed E-state index contributed by atoms with van der Waals surface area (Å²) in [7, 11) is 0. The van der Waals surface area contributed by atoms with E-state index in [0.29, 0.717) is 16.1 Å². The molecule has 0 amide bonds. The van der Waals surface area contributed by atoms with Crippen LogP contribution in [0.2, 0.25) is 5.02 Å². The van der Waals surface area contributed by atoms with Crippen molar-refractivity contribution in [1.82, 2.24) is 9.97 Å². The van der Waals surface area contributed by atoms with Gasteiger partial charge >= 0.3 is 0 Å². The van der Waals surface area contributed by atoms with Crippen LogP contribution in [-0.4, -0.2) is 15.1 Å². The number of phenols is 1. The first kappa shape index (κ1) is 8.96. The fourth-order valence-electron chi connectivity index (χ4n) is 1.05. The van der Waals surface area contributed by atoms with E-state index in [9.17, 15) is 5.11 Å². The minimum absolute atomic E-state index is 0.00909. The van der Waals surface area contributed by atoms with Crippen molar-refractivity contribution in [3.63, 3.8) is 0 Å². The summed E-state index contributed by atoms with van der Waals surface area (Å²) in [4.78, 5) is 8.09. The van der Waals surface area contributed by atoms with Crippen molar-refractivity contribution in [3.8, 4) is 5.75 Å². The molecule has 0 unspecified atom stereocenters. The lowest BCUT2D eigenvalue weighted by molar-refractivity contribution is 0.480. The Balaban J connectivity index is 2.97. The number of aromatic nitrogens is 2. The highest BCUT2D eigenvalue weighted by atomic mass is 127. The molecule has 0 radical (unpaired) electrons. The third kappa shape index (κ3) is 1.44. The summed E-state index contributed by atoms with van der Waals surface area (Å²) < 4.78 is 0.878. The Morgan fingerprint density at radius 3 is 2.54 bits per heavy atom. The van der Waals surface area contributed by atoms with E-state index in [0.717, 1.165) is 3.57 Å². The standard InChI is InChI=1S/C8H4ClIN2O/c9-4-3-5(10)6-7(8(4)13)12-2-1-11-6/h1-3,13H. The van der Waals surface area contributed by atoms with Crippen LogP contribution in [0.3, 0.4) is 0 Å². The van der Waals surface area contributed by atoms with E-state index in [1.165, 1.54) is 6.20 Å². The van der Waals surface area contributed by atoms with Crippen molar-refractivity contribution in [2.75, 3.05) is 0 Å². The second-order valence-corrected chi connectivity index (χ2v) is 4.01. The van der Waals surface area contributed by atoms with Gasteiger partial charge in [-0.25, -0.2) is 4.98 Å². The van der Waals surface area contributed by atoms with Crippen LogP contribution >= 0.6 is 34.2 Å². The van der Waals surface area contributed by atoms with E-state index >= 15 is 0 Å². The number of aromatic hydroxyl groups is 1. The number of halogens is 2. The number of nitrogens with zero attached hydrogens (tertiary/aromatic N) is 2. The minimum Gasteiger partial charge on any atom is -0.504 e. The van der Waals surface area contributed by atoms with E-state index in [-0.39, 0.29) is 5.75 Å². The maximum absolute atomic E-state index is 9.54. The monoisotopic (exact) mass is 306 g/mol. The molecule has 0 saturated carbocycles. The van der Waals surface area contributed by atoms with Crippen molar-refractivity contribution in [2.24, 2.45) is 0 Å². The van der Waals surface area contributed by atoms with Crippen LogP contribution in [0.15, 0.2) is 18.5 Å². The highest BCUT2D eigenvalue weighted by Gasteiger charge is 2.09. The summed E-state index contributed by atoms with van der Waals surface area (Å²) in [5.41, 5.74) is 1.12. The topological polar surface area (TPSA) is 46.0 Å². The Bertz CT molecular complexity index is 475. The Labute approximate surface area is 92.9 Å². The zero-order valence-corrected chi connectivity index (χ0v) is 9.24. The van der Waals surface area contributed by atoms with Crippen molar-refractivity contribution < 1.29 is 5.11 Å². The van der Waals surface area contributed by atoms with Gasteiger partial charge in [-0.1, -0.05) is 11.6 Å². The zero-order valence-electron chi connectivity index (χ0n) is 6.33. The maximum atomic E-state index is 9.54. The molecule has 66 valence electrons. The van der Waals surface area contributed by atoms with E-state index in [1.807, 2.05) is 0 Å². The van der Waals surface area contributed by atoms with Crippen LogP contribution in [0.25, 0.3) is 11.0 Å². The number of benzene rings is 1. The molecule has 1 heterocycles. The zero-order chi connectivity index (χ0) is 9.42. The number of phenolic OH excluding ortho intramolecular Hbond substituents is 1. The lowest BCUT2D eigenvalue weighted by Crippen LogP contribution is -1.86. The van der Waals surface area contributed by atoms with Gasteiger partial charge in [0.25, 0.3) is 0 Å². The fourth-order valence-corrected chi connectivity index (χ4v) is 2.14. The van der Waals surface area contributed by atoms with Crippen LogP contribution in [-0.2, 0) is 0 Å². The first-order valence-electron chi connectivity index (χ1n) is 3.48. The second kappa shape index (κ2) is 3.26. The molecule has 1 N–H and O–H groups in total. The molecule has 0 atom stereocenters. The molecule has 0 spiro atoms. The highest BCUT2D eigenvalue weighted by molar-refractivity contribution is 14.1. The highest BCUT2D eigenvalue weighted by Crippen LogP contribution is 2.32. The molecule has 2 rings (SSSR count). The first-order chi connectivity index (χ1) is 6.20. The van der Waals surface area contributed by atoms with E-state index in [4.69, 9.17) is 11.6 Å². The summed E-state index contributed by atoms with van der Waals surface area (Å²) >= 11 is 7.87. The van der Waals surface area contributed by atoms with Gasteiger partial charge in [-0.05, 0) is 28.7 Å². The number of fused-ring (bicyclic) bond motifs is 1. The average molecular weight is 306 g/mol. The Hall–Kier alpha value is -0.620. The minimum atomic E-state index is -0.00909. The van der Waals surface area contributed by atoms with Gasteiger partial charge in [0.2, 0.25) is 0 Å². The molecule has 2 aromatic rings. The lowest BCUT2D eigenvalue weighted by Gasteiger charge is -2.02. The van der Waals surface area contributed by atoms with Crippen molar-refractivity contribution in [2.45, 2.75) is 0 Å². The smallest absolute Gasteiger partial charge is 0.162 e. The summed E-state index contributed by atoms with van der Waals surface area (Å²) in [6.07, 6.45) is 3.10. The third-order valence-corrected chi connectivity index (χ3v) is 2.74. The molecule has 1 aromatic carbocycles. The summed E-state index contributed by atoms with van der Waals surface area (Å²) in [5, 5.41) is 9.85. The van der Waals surface area contributed by atoms with E-state index in [2.05, 4.69) is 32.6 Å². The summed E-state index contributed by atoms with van der Waals surface area (Å²) in [6.45, 7) is 0. The number of hydrogen-bond donors (Lipinski definition) is 1. The lowest BCUT2D eigenvalue weighted by atomic mass is 10.3. The van der Waals surface area contributed by atoms with Crippen LogP contribution in [0.4, 0.5) is 0 Å². The van der Waals surface area contributed by atoms with E-state index in [1.54, 1.807) is 12.3 Å². The Kier molecular flexibility index (Phi) is 2.25. The number of rotatable bonds is 0. The average Bonchev–Trinajstić information content (AvgIpc) is 2.15. The van der Waals surface area contributed by atoms with Gasteiger partial charge in [-0.15, -0.1) is 0 Å². The molecular weight excluding hydrogens is 302 g/mol. The maximum Gasteiger partial charge on any atom is 0.162 e.